The lowest BCUT2D eigenvalue weighted by atomic mass is 9.90. The molecule has 1 fully saturated rings. The minimum Gasteiger partial charge on any atom is -0.481 e. The van der Waals surface area contributed by atoms with E-state index in [0.717, 1.165) is 36.5 Å². The summed E-state index contributed by atoms with van der Waals surface area (Å²) >= 11 is 0. The molecule has 2 heterocycles. The zero-order valence-corrected chi connectivity index (χ0v) is 13.7. The number of carboxylic acids is 1. The van der Waals surface area contributed by atoms with Crippen molar-refractivity contribution in [1.82, 2.24) is 4.90 Å². The topological polar surface area (TPSA) is 53.7 Å². The summed E-state index contributed by atoms with van der Waals surface area (Å²) in [7, 11) is 0. The molecule has 0 radical (unpaired) electrons. The molecule has 0 bridgehead atoms. The fourth-order valence-electron chi connectivity index (χ4n) is 3.30. The number of likely N-dealkylation sites (tertiary alicyclic amines) is 1. The third-order valence-electron chi connectivity index (χ3n) is 4.79. The summed E-state index contributed by atoms with van der Waals surface area (Å²) in [6, 6.07) is 12.3. The molecule has 0 unspecified atom stereocenters. The zero-order chi connectivity index (χ0) is 16.4. The molecule has 4 nitrogen and oxygen atoms in total. The Morgan fingerprint density at radius 1 is 1.26 bits per heavy atom. The first-order valence-corrected chi connectivity index (χ1v) is 8.17. The number of carbonyl (C=O) groups is 1. The second-order valence-electron chi connectivity index (χ2n) is 6.43. The van der Waals surface area contributed by atoms with Gasteiger partial charge in [-0.1, -0.05) is 29.8 Å². The van der Waals surface area contributed by atoms with E-state index in [9.17, 15) is 9.90 Å². The van der Waals surface area contributed by atoms with Gasteiger partial charge in [0.05, 0.1) is 12.5 Å². The van der Waals surface area contributed by atoms with Crippen LogP contribution >= 0.6 is 0 Å². The Balaban J connectivity index is 1.71. The maximum Gasteiger partial charge on any atom is 0.308 e. The van der Waals surface area contributed by atoms with Crippen molar-refractivity contribution in [2.75, 3.05) is 6.54 Å². The van der Waals surface area contributed by atoms with E-state index < -0.39 is 5.97 Å². The number of hydrogen-bond donors (Lipinski definition) is 1. The Labute approximate surface area is 136 Å². The highest BCUT2D eigenvalue weighted by Gasteiger charge is 2.33. The maximum atomic E-state index is 11.3. The van der Waals surface area contributed by atoms with Gasteiger partial charge in [-0.05, 0) is 45.4 Å². The molecule has 0 aliphatic carbocycles. The summed E-state index contributed by atoms with van der Waals surface area (Å²) < 4.78 is 5.97. The van der Waals surface area contributed by atoms with Gasteiger partial charge in [0.25, 0.3) is 0 Å². The fraction of sp³-hybridized carbons (Fsp3) is 0.421. The van der Waals surface area contributed by atoms with Crippen LogP contribution in [-0.2, 0) is 11.3 Å². The molecule has 1 aromatic carbocycles. The molecule has 4 heteroatoms. The van der Waals surface area contributed by atoms with E-state index in [1.54, 1.807) is 0 Å². The van der Waals surface area contributed by atoms with Crippen LogP contribution in [0.5, 0.6) is 0 Å². The SMILES string of the molecule is Cc1ccc(-c2ccc(CN3CCC[C@@H](C(=O)O)[C@H]3C)o2)cc1. The van der Waals surface area contributed by atoms with E-state index in [-0.39, 0.29) is 12.0 Å². The average Bonchev–Trinajstić information content (AvgIpc) is 2.98. The van der Waals surface area contributed by atoms with Gasteiger partial charge in [0.15, 0.2) is 0 Å². The predicted molar refractivity (Wildman–Crippen MR) is 89.1 cm³/mol. The molecule has 0 spiro atoms. The Morgan fingerprint density at radius 3 is 2.70 bits per heavy atom. The van der Waals surface area contributed by atoms with E-state index in [2.05, 4.69) is 36.1 Å². The van der Waals surface area contributed by atoms with Crippen LogP contribution in [0.1, 0.15) is 31.1 Å². The third kappa shape index (κ3) is 3.48. The first-order valence-electron chi connectivity index (χ1n) is 8.17. The average molecular weight is 313 g/mol. The number of furan rings is 1. The summed E-state index contributed by atoms with van der Waals surface area (Å²) in [5.41, 5.74) is 2.29. The number of carboxylic acid groups (broad SMARTS) is 1. The molecule has 2 aromatic rings. The van der Waals surface area contributed by atoms with Crippen molar-refractivity contribution >= 4 is 5.97 Å². The minimum atomic E-state index is -0.693. The molecule has 1 N–H and O–H groups in total. The highest BCUT2D eigenvalue weighted by molar-refractivity contribution is 5.71. The summed E-state index contributed by atoms with van der Waals surface area (Å²) in [6.45, 7) is 5.65. The van der Waals surface area contributed by atoms with Gasteiger partial charge in [0.2, 0.25) is 0 Å². The van der Waals surface area contributed by atoms with Crippen LogP contribution in [0.2, 0.25) is 0 Å². The highest BCUT2D eigenvalue weighted by Crippen LogP contribution is 2.28. The maximum absolute atomic E-state index is 11.3. The van der Waals surface area contributed by atoms with Crippen LogP contribution in [0, 0.1) is 12.8 Å². The zero-order valence-electron chi connectivity index (χ0n) is 13.7. The van der Waals surface area contributed by atoms with Crippen molar-refractivity contribution < 1.29 is 14.3 Å². The molecule has 1 aliphatic heterocycles. The van der Waals surface area contributed by atoms with Gasteiger partial charge in [0.1, 0.15) is 11.5 Å². The predicted octanol–water partition coefficient (Wildman–Crippen LogP) is 3.94. The van der Waals surface area contributed by atoms with Crippen molar-refractivity contribution in [3.63, 3.8) is 0 Å². The number of nitrogens with zero attached hydrogens (tertiary/aromatic N) is 1. The molecular formula is C19H23NO3. The Bertz CT molecular complexity index is 674. The molecule has 3 rings (SSSR count). The van der Waals surface area contributed by atoms with Gasteiger partial charge in [-0.25, -0.2) is 0 Å². The first-order chi connectivity index (χ1) is 11.0. The second-order valence-corrected chi connectivity index (χ2v) is 6.43. The molecule has 122 valence electrons. The van der Waals surface area contributed by atoms with Gasteiger partial charge in [-0.2, -0.15) is 0 Å². The molecule has 23 heavy (non-hydrogen) atoms. The summed E-state index contributed by atoms with van der Waals surface area (Å²) in [6.07, 6.45) is 1.69. The molecule has 0 amide bonds. The van der Waals surface area contributed by atoms with E-state index in [4.69, 9.17) is 4.42 Å². The van der Waals surface area contributed by atoms with Gasteiger partial charge >= 0.3 is 5.97 Å². The number of rotatable bonds is 4. The molecule has 1 aliphatic rings. The number of benzene rings is 1. The Hall–Kier alpha value is -2.07. The van der Waals surface area contributed by atoms with Crippen LogP contribution in [0.15, 0.2) is 40.8 Å². The van der Waals surface area contributed by atoms with Crippen molar-refractivity contribution in [1.29, 1.82) is 0 Å². The quantitative estimate of drug-likeness (QED) is 0.929. The standard InChI is InChI=1S/C19H23NO3/c1-13-5-7-15(8-6-13)18-10-9-16(23-18)12-20-11-3-4-17(14(20)2)19(21)22/h5-10,14,17H,3-4,11-12H2,1-2H3,(H,21,22)/t14-,17-/m1/s1. The van der Waals surface area contributed by atoms with E-state index >= 15 is 0 Å². The van der Waals surface area contributed by atoms with Gasteiger partial charge in [-0.3, -0.25) is 9.69 Å². The van der Waals surface area contributed by atoms with Crippen LogP contribution < -0.4 is 0 Å². The monoisotopic (exact) mass is 313 g/mol. The first kappa shape index (κ1) is 15.8. The van der Waals surface area contributed by atoms with E-state index in [1.807, 2.05) is 19.1 Å². The van der Waals surface area contributed by atoms with Crippen LogP contribution in [0.4, 0.5) is 0 Å². The normalized spacial score (nSPS) is 22.2. The number of hydrogen-bond acceptors (Lipinski definition) is 3. The van der Waals surface area contributed by atoms with Crippen molar-refractivity contribution in [3.8, 4) is 11.3 Å². The van der Waals surface area contributed by atoms with Gasteiger partial charge in [0, 0.05) is 11.6 Å². The molecular weight excluding hydrogens is 290 g/mol. The third-order valence-corrected chi connectivity index (χ3v) is 4.79. The second kappa shape index (κ2) is 6.59. The summed E-state index contributed by atoms with van der Waals surface area (Å²) in [5, 5.41) is 9.32. The largest absolute Gasteiger partial charge is 0.481 e. The highest BCUT2D eigenvalue weighted by atomic mass is 16.4. The fourth-order valence-corrected chi connectivity index (χ4v) is 3.30. The molecule has 2 atom stereocenters. The number of aliphatic carboxylic acids is 1. The van der Waals surface area contributed by atoms with Gasteiger partial charge in [-0.15, -0.1) is 0 Å². The Morgan fingerprint density at radius 2 is 2.00 bits per heavy atom. The van der Waals surface area contributed by atoms with Crippen LogP contribution in [0.3, 0.4) is 0 Å². The molecule has 1 saturated heterocycles. The van der Waals surface area contributed by atoms with E-state index in [0.29, 0.717) is 6.54 Å². The van der Waals surface area contributed by atoms with E-state index in [1.165, 1.54) is 5.56 Å². The Kier molecular flexibility index (Phi) is 4.53. The number of aryl methyl sites for hydroxylation is 1. The van der Waals surface area contributed by atoms with Crippen molar-refractivity contribution in [2.24, 2.45) is 5.92 Å². The van der Waals surface area contributed by atoms with Crippen molar-refractivity contribution in [2.45, 2.75) is 39.3 Å². The van der Waals surface area contributed by atoms with Crippen LogP contribution in [0.25, 0.3) is 11.3 Å². The molecule has 0 saturated carbocycles. The minimum absolute atomic E-state index is 0.0363. The lowest BCUT2D eigenvalue weighted by molar-refractivity contribution is -0.145. The summed E-state index contributed by atoms with van der Waals surface area (Å²) in [4.78, 5) is 13.5. The summed E-state index contributed by atoms with van der Waals surface area (Å²) in [5.74, 6) is 0.773. The lowest BCUT2D eigenvalue weighted by Gasteiger charge is -2.36. The van der Waals surface area contributed by atoms with Crippen LogP contribution in [-0.4, -0.2) is 28.6 Å². The smallest absolute Gasteiger partial charge is 0.308 e. The number of piperidine rings is 1. The molecule has 1 aromatic heterocycles. The van der Waals surface area contributed by atoms with Gasteiger partial charge < -0.3 is 9.52 Å². The lowest BCUT2D eigenvalue weighted by Crippen LogP contribution is -2.45. The van der Waals surface area contributed by atoms with Crippen molar-refractivity contribution in [3.05, 3.63) is 47.7 Å².